The molecule has 0 radical (unpaired) electrons. The second-order valence-electron chi connectivity index (χ2n) is 7.40. The van der Waals surface area contributed by atoms with Crippen molar-refractivity contribution in [3.8, 4) is 11.3 Å². The van der Waals surface area contributed by atoms with Crippen LogP contribution < -0.4 is 0 Å². The highest BCUT2D eigenvalue weighted by molar-refractivity contribution is 7.91. The standard InChI is InChI=1S/C26H16ClNO4S/c27-21-14-12-18(13-15-21)24(29)23-26(33(30,31)22-8-2-1-3-9-22)25(32-28-23)20-11-10-17-6-4-5-7-19(17)16-20/h1-16H. The Kier molecular flexibility index (Phi) is 5.32. The van der Waals surface area contributed by atoms with Gasteiger partial charge in [-0.1, -0.05) is 71.4 Å². The highest BCUT2D eigenvalue weighted by atomic mass is 35.5. The third kappa shape index (κ3) is 3.84. The number of benzene rings is 4. The van der Waals surface area contributed by atoms with Gasteiger partial charge in [0.25, 0.3) is 0 Å². The molecule has 1 heterocycles. The summed E-state index contributed by atoms with van der Waals surface area (Å²) >= 11 is 5.94. The molecule has 0 atom stereocenters. The van der Waals surface area contributed by atoms with Crippen LogP contribution in [-0.2, 0) is 9.84 Å². The minimum atomic E-state index is -4.12. The monoisotopic (exact) mass is 473 g/mol. The Hall–Kier alpha value is -3.74. The smallest absolute Gasteiger partial charge is 0.216 e. The molecule has 1 aromatic heterocycles. The van der Waals surface area contributed by atoms with Crippen molar-refractivity contribution in [3.63, 3.8) is 0 Å². The van der Waals surface area contributed by atoms with Gasteiger partial charge >= 0.3 is 0 Å². The van der Waals surface area contributed by atoms with Crippen molar-refractivity contribution in [2.75, 3.05) is 0 Å². The van der Waals surface area contributed by atoms with Gasteiger partial charge in [-0.25, -0.2) is 8.42 Å². The number of hydrogen-bond acceptors (Lipinski definition) is 5. The number of nitrogens with zero attached hydrogens (tertiary/aromatic N) is 1. The van der Waals surface area contributed by atoms with Crippen LogP contribution >= 0.6 is 11.6 Å². The number of aromatic nitrogens is 1. The van der Waals surface area contributed by atoms with Crippen LogP contribution in [0.1, 0.15) is 16.1 Å². The number of rotatable bonds is 5. The van der Waals surface area contributed by atoms with E-state index in [1.54, 1.807) is 36.4 Å². The molecule has 33 heavy (non-hydrogen) atoms. The molecule has 0 fully saturated rings. The Balaban J connectivity index is 1.75. The Morgan fingerprint density at radius 2 is 1.45 bits per heavy atom. The average molecular weight is 474 g/mol. The molecule has 5 rings (SSSR count). The van der Waals surface area contributed by atoms with Gasteiger partial charge < -0.3 is 4.52 Å². The third-order valence-electron chi connectivity index (χ3n) is 5.30. The zero-order chi connectivity index (χ0) is 23.0. The van der Waals surface area contributed by atoms with E-state index in [9.17, 15) is 13.2 Å². The van der Waals surface area contributed by atoms with Crippen molar-refractivity contribution >= 4 is 38.0 Å². The molecule has 0 bridgehead atoms. The molecule has 4 aromatic carbocycles. The number of halogens is 1. The van der Waals surface area contributed by atoms with Crippen LogP contribution in [0.2, 0.25) is 5.02 Å². The quantitative estimate of drug-likeness (QED) is 0.283. The van der Waals surface area contributed by atoms with Gasteiger partial charge in [-0.05, 0) is 53.2 Å². The summed E-state index contributed by atoms with van der Waals surface area (Å²) in [5, 5.41) is 6.28. The van der Waals surface area contributed by atoms with Gasteiger partial charge in [0.05, 0.1) is 4.90 Å². The lowest BCUT2D eigenvalue weighted by Gasteiger charge is -2.07. The van der Waals surface area contributed by atoms with Crippen molar-refractivity contribution in [1.82, 2.24) is 5.16 Å². The first-order valence-electron chi connectivity index (χ1n) is 10.0. The molecule has 0 aliphatic heterocycles. The molecule has 0 saturated carbocycles. The lowest BCUT2D eigenvalue weighted by atomic mass is 10.0. The second-order valence-corrected chi connectivity index (χ2v) is 9.73. The van der Waals surface area contributed by atoms with Crippen LogP contribution in [-0.4, -0.2) is 19.4 Å². The van der Waals surface area contributed by atoms with Crippen molar-refractivity contribution in [2.45, 2.75) is 9.79 Å². The van der Waals surface area contributed by atoms with Crippen molar-refractivity contribution in [3.05, 3.63) is 113 Å². The topological polar surface area (TPSA) is 77.2 Å². The number of hydrogen-bond donors (Lipinski definition) is 0. The van der Waals surface area contributed by atoms with Crippen LogP contribution in [0.3, 0.4) is 0 Å². The van der Waals surface area contributed by atoms with E-state index >= 15 is 0 Å². The minimum absolute atomic E-state index is 0.0157. The van der Waals surface area contributed by atoms with E-state index in [1.807, 2.05) is 36.4 Å². The van der Waals surface area contributed by atoms with Gasteiger partial charge in [0, 0.05) is 16.1 Å². The number of fused-ring (bicyclic) bond motifs is 1. The molecule has 0 aliphatic rings. The highest BCUT2D eigenvalue weighted by Crippen LogP contribution is 2.36. The van der Waals surface area contributed by atoms with Crippen molar-refractivity contribution in [2.24, 2.45) is 0 Å². The van der Waals surface area contributed by atoms with E-state index in [0.717, 1.165) is 10.8 Å². The molecule has 0 saturated heterocycles. The highest BCUT2D eigenvalue weighted by Gasteiger charge is 2.34. The molecule has 5 aromatic rings. The van der Waals surface area contributed by atoms with Gasteiger partial charge in [-0.3, -0.25) is 4.79 Å². The number of sulfone groups is 1. The van der Waals surface area contributed by atoms with E-state index < -0.39 is 15.6 Å². The van der Waals surface area contributed by atoms with Crippen LogP contribution in [0, 0.1) is 0 Å². The van der Waals surface area contributed by atoms with Crippen LogP contribution in [0.25, 0.3) is 22.1 Å². The average Bonchev–Trinajstić information content (AvgIpc) is 3.30. The Morgan fingerprint density at radius 1 is 0.788 bits per heavy atom. The maximum absolute atomic E-state index is 13.7. The Morgan fingerprint density at radius 3 is 2.18 bits per heavy atom. The summed E-state index contributed by atoms with van der Waals surface area (Å²) in [4.78, 5) is 13.1. The SMILES string of the molecule is O=C(c1ccc(Cl)cc1)c1noc(-c2ccc3ccccc3c2)c1S(=O)(=O)c1ccccc1. The van der Waals surface area contributed by atoms with E-state index in [1.165, 1.54) is 24.3 Å². The number of ketones is 1. The second kappa shape index (κ2) is 8.31. The predicted molar refractivity (Wildman–Crippen MR) is 126 cm³/mol. The van der Waals surface area contributed by atoms with Crippen molar-refractivity contribution < 1.29 is 17.7 Å². The van der Waals surface area contributed by atoms with Crippen LogP contribution in [0.5, 0.6) is 0 Å². The molecular formula is C26H16ClNO4S. The van der Waals surface area contributed by atoms with E-state index in [-0.39, 0.29) is 26.8 Å². The number of carbonyl (C=O) groups excluding carboxylic acids is 1. The summed E-state index contributed by atoms with van der Waals surface area (Å²) in [6.45, 7) is 0. The Bertz CT molecular complexity index is 1590. The molecule has 5 nitrogen and oxygen atoms in total. The minimum Gasteiger partial charge on any atom is -0.354 e. The zero-order valence-electron chi connectivity index (χ0n) is 17.1. The summed E-state index contributed by atoms with van der Waals surface area (Å²) in [7, 11) is -4.12. The zero-order valence-corrected chi connectivity index (χ0v) is 18.7. The predicted octanol–water partition coefficient (Wildman–Crippen LogP) is 6.21. The fourth-order valence-electron chi connectivity index (χ4n) is 3.65. The van der Waals surface area contributed by atoms with E-state index in [4.69, 9.17) is 16.1 Å². The molecule has 0 N–H and O–H groups in total. The molecule has 162 valence electrons. The molecule has 0 spiro atoms. The third-order valence-corrected chi connectivity index (χ3v) is 7.37. The van der Waals surface area contributed by atoms with Gasteiger partial charge in [-0.2, -0.15) is 0 Å². The molecular weight excluding hydrogens is 458 g/mol. The van der Waals surface area contributed by atoms with Gasteiger partial charge in [0.1, 0.15) is 0 Å². The van der Waals surface area contributed by atoms with Gasteiger partial charge in [-0.15, -0.1) is 0 Å². The van der Waals surface area contributed by atoms with E-state index in [2.05, 4.69) is 5.16 Å². The lowest BCUT2D eigenvalue weighted by molar-refractivity contribution is 0.102. The van der Waals surface area contributed by atoms with Crippen LogP contribution in [0.4, 0.5) is 0 Å². The maximum Gasteiger partial charge on any atom is 0.216 e. The summed E-state index contributed by atoms with van der Waals surface area (Å²) in [5.41, 5.74) is 0.484. The van der Waals surface area contributed by atoms with Crippen molar-refractivity contribution in [1.29, 1.82) is 0 Å². The molecule has 0 unspecified atom stereocenters. The fourth-order valence-corrected chi connectivity index (χ4v) is 5.31. The van der Waals surface area contributed by atoms with E-state index in [0.29, 0.717) is 10.6 Å². The lowest BCUT2D eigenvalue weighted by Crippen LogP contribution is -2.11. The largest absolute Gasteiger partial charge is 0.354 e. The summed E-state index contributed by atoms with van der Waals surface area (Å²) < 4.78 is 32.9. The van der Waals surface area contributed by atoms with Gasteiger partial charge in [0.15, 0.2) is 16.3 Å². The van der Waals surface area contributed by atoms with Gasteiger partial charge in [0.2, 0.25) is 15.6 Å². The first-order valence-corrected chi connectivity index (χ1v) is 11.9. The first kappa shape index (κ1) is 21.1. The maximum atomic E-state index is 13.7. The summed E-state index contributed by atoms with van der Waals surface area (Å²) in [5.74, 6) is -0.557. The molecule has 0 aliphatic carbocycles. The molecule has 0 amide bonds. The number of carbonyl (C=O) groups is 1. The summed E-state index contributed by atoms with van der Waals surface area (Å²) in [6.07, 6.45) is 0. The molecule has 7 heteroatoms. The normalized spacial score (nSPS) is 11.5. The fraction of sp³-hybridized carbons (Fsp3) is 0. The van der Waals surface area contributed by atoms with Crippen LogP contribution in [0.15, 0.2) is 111 Å². The Labute approximate surface area is 195 Å². The summed E-state index contributed by atoms with van der Waals surface area (Å²) in [6, 6.07) is 27.2. The first-order chi connectivity index (χ1) is 15.9.